The fourth-order valence-corrected chi connectivity index (χ4v) is 0.820. The average Bonchev–Trinajstić information content (AvgIpc) is 2.64. The Morgan fingerprint density at radius 1 is 1.69 bits per heavy atom. The molecule has 2 N–H and O–H groups in total. The summed E-state index contributed by atoms with van der Waals surface area (Å²) in [6.45, 7) is 3.47. The Morgan fingerprint density at radius 3 is 3.15 bits per heavy atom. The number of rotatable bonds is 5. The van der Waals surface area contributed by atoms with Gasteiger partial charge in [-0.2, -0.15) is 0 Å². The van der Waals surface area contributed by atoms with Gasteiger partial charge in [-0.05, 0) is 6.54 Å². The summed E-state index contributed by atoms with van der Waals surface area (Å²) in [5.74, 6) is 0.614. The quantitative estimate of drug-likeness (QED) is 0.669. The Hall–Kier alpha value is -1.36. The van der Waals surface area contributed by atoms with E-state index in [1.54, 1.807) is 12.3 Å². The number of carbonyl (C=O) groups excluding carboxylic acids is 1. The molecule has 0 spiro atoms. The minimum Gasteiger partial charge on any atom is -0.360 e. The van der Waals surface area contributed by atoms with Crippen LogP contribution < -0.4 is 10.6 Å². The first-order chi connectivity index (χ1) is 6.33. The zero-order valence-corrected chi connectivity index (χ0v) is 7.54. The molecule has 0 aliphatic carbocycles. The first-order valence-electron chi connectivity index (χ1n) is 4.20. The molecule has 5 nitrogen and oxygen atoms in total. The second kappa shape index (κ2) is 5.31. The summed E-state index contributed by atoms with van der Waals surface area (Å²) in [5.41, 5.74) is 0. The number of hydrogen-bond donors (Lipinski definition) is 2. The van der Waals surface area contributed by atoms with E-state index in [0.717, 1.165) is 6.54 Å². The number of nitrogens with one attached hydrogen (secondary N) is 2. The van der Waals surface area contributed by atoms with Crippen LogP contribution in [-0.4, -0.2) is 24.2 Å². The number of hydrogen-bond acceptors (Lipinski definition) is 4. The fraction of sp³-hybridized carbons (Fsp3) is 0.500. The summed E-state index contributed by atoms with van der Waals surface area (Å²) in [5, 5.41) is 9.12. The molecule has 13 heavy (non-hydrogen) atoms. The lowest BCUT2D eigenvalue weighted by Crippen LogP contribution is -2.33. The molecule has 0 bridgehead atoms. The molecule has 0 radical (unpaired) electrons. The van der Waals surface area contributed by atoms with Crippen LogP contribution in [0.1, 0.15) is 12.7 Å². The lowest BCUT2D eigenvalue weighted by atomic mass is 10.4. The lowest BCUT2D eigenvalue weighted by Gasteiger charge is -2.02. The predicted molar refractivity (Wildman–Crippen MR) is 46.9 cm³/mol. The van der Waals surface area contributed by atoms with Crippen molar-refractivity contribution in [3.8, 4) is 0 Å². The maximum atomic E-state index is 11.1. The van der Waals surface area contributed by atoms with Crippen LogP contribution >= 0.6 is 0 Å². The van der Waals surface area contributed by atoms with Crippen molar-refractivity contribution >= 4 is 5.91 Å². The highest BCUT2D eigenvalue weighted by Crippen LogP contribution is 1.93. The van der Waals surface area contributed by atoms with Crippen LogP contribution in [0.5, 0.6) is 0 Å². The Bertz CT molecular complexity index is 246. The maximum absolute atomic E-state index is 11.1. The molecule has 1 aromatic heterocycles. The van der Waals surface area contributed by atoms with Gasteiger partial charge in [-0.25, -0.2) is 0 Å². The average molecular weight is 183 g/mol. The number of nitrogens with zero attached hydrogens (tertiary/aromatic N) is 1. The van der Waals surface area contributed by atoms with Gasteiger partial charge in [0, 0.05) is 6.07 Å². The molecule has 1 amide bonds. The van der Waals surface area contributed by atoms with Crippen molar-refractivity contribution < 1.29 is 9.32 Å². The highest BCUT2D eigenvalue weighted by Gasteiger charge is 2.01. The van der Waals surface area contributed by atoms with Gasteiger partial charge in [-0.3, -0.25) is 4.79 Å². The Labute approximate surface area is 76.5 Å². The van der Waals surface area contributed by atoms with E-state index in [0.29, 0.717) is 18.8 Å². The molecule has 0 aliphatic rings. The van der Waals surface area contributed by atoms with Gasteiger partial charge in [-0.15, -0.1) is 0 Å². The number of likely N-dealkylation sites (N-methyl/N-ethyl adjacent to an activating group) is 1. The molecule has 0 saturated carbocycles. The number of amides is 1. The summed E-state index contributed by atoms with van der Waals surface area (Å²) >= 11 is 0. The predicted octanol–water partition coefficient (Wildman–Crippen LogP) is -0.0997. The van der Waals surface area contributed by atoms with E-state index in [1.807, 2.05) is 6.92 Å². The van der Waals surface area contributed by atoms with Crippen LogP contribution in [0.25, 0.3) is 0 Å². The van der Waals surface area contributed by atoms with Gasteiger partial charge in [0.1, 0.15) is 0 Å². The van der Waals surface area contributed by atoms with Crippen LogP contribution in [0.4, 0.5) is 0 Å². The fourth-order valence-electron chi connectivity index (χ4n) is 0.820. The van der Waals surface area contributed by atoms with E-state index in [-0.39, 0.29) is 5.91 Å². The highest BCUT2D eigenvalue weighted by atomic mass is 16.5. The van der Waals surface area contributed by atoms with Crippen LogP contribution in [0.15, 0.2) is 16.8 Å². The Kier molecular flexibility index (Phi) is 3.98. The zero-order valence-electron chi connectivity index (χ0n) is 7.54. The molecule has 5 heteroatoms. The van der Waals surface area contributed by atoms with E-state index >= 15 is 0 Å². The smallest absolute Gasteiger partial charge is 0.234 e. The van der Waals surface area contributed by atoms with Gasteiger partial charge in [0.25, 0.3) is 0 Å². The normalized spacial score (nSPS) is 9.92. The van der Waals surface area contributed by atoms with E-state index in [4.69, 9.17) is 4.52 Å². The van der Waals surface area contributed by atoms with Crippen molar-refractivity contribution in [3.05, 3.63) is 18.0 Å². The molecule has 0 aromatic carbocycles. The van der Waals surface area contributed by atoms with Gasteiger partial charge in [0.2, 0.25) is 5.91 Å². The van der Waals surface area contributed by atoms with E-state index < -0.39 is 0 Å². The van der Waals surface area contributed by atoms with Gasteiger partial charge in [0.05, 0.1) is 19.3 Å². The molecule has 0 saturated heterocycles. The second-order valence-electron chi connectivity index (χ2n) is 2.54. The standard InChI is InChI=1S/C8H13N3O2/c1-2-9-6-8(12)10-5-7-3-4-11-13-7/h3-4,9H,2,5-6H2,1H3,(H,10,12). The van der Waals surface area contributed by atoms with Crippen molar-refractivity contribution in [2.45, 2.75) is 13.5 Å². The van der Waals surface area contributed by atoms with Crippen molar-refractivity contribution in [3.63, 3.8) is 0 Å². The van der Waals surface area contributed by atoms with Gasteiger partial charge in [0.15, 0.2) is 5.76 Å². The van der Waals surface area contributed by atoms with Crippen LogP contribution in [0.2, 0.25) is 0 Å². The molecule has 72 valence electrons. The topological polar surface area (TPSA) is 67.2 Å². The molecular weight excluding hydrogens is 170 g/mol. The van der Waals surface area contributed by atoms with Crippen molar-refractivity contribution in [1.82, 2.24) is 15.8 Å². The maximum Gasteiger partial charge on any atom is 0.234 e. The first-order valence-corrected chi connectivity index (χ1v) is 4.20. The molecule has 1 heterocycles. The van der Waals surface area contributed by atoms with Crippen LogP contribution in [-0.2, 0) is 11.3 Å². The summed E-state index contributed by atoms with van der Waals surface area (Å²) in [6.07, 6.45) is 1.55. The van der Waals surface area contributed by atoms with Gasteiger partial charge in [-0.1, -0.05) is 12.1 Å². The first kappa shape index (κ1) is 9.73. The largest absolute Gasteiger partial charge is 0.360 e. The molecule has 1 aromatic rings. The second-order valence-corrected chi connectivity index (χ2v) is 2.54. The Morgan fingerprint density at radius 2 is 2.54 bits per heavy atom. The SMILES string of the molecule is CCNCC(=O)NCc1ccno1. The third-order valence-electron chi connectivity index (χ3n) is 1.49. The van der Waals surface area contributed by atoms with Gasteiger partial charge < -0.3 is 15.2 Å². The van der Waals surface area contributed by atoms with Gasteiger partial charge >= 0.3 is 0 Å². The van der Waals surface area contributed by atoms with Crippen molar-refractivity contribution in [1.29, 1.82) is 0 Å². The molecule has 0 unspecified atom stereocenters. The van der Waals surface area contributed by atoms with E-state index in [2.05, 4.69) is 15.8 Å². The lowest BCUT2D eigenvalue weighted by molar-refractivity contribution is -0.120. The third-order valence-corrected chi connectivity index (χ3v) is 1.49. The monoisotopic (exact) mass is 183 g/mol. The van der Waals surface area contributed by atoms with Crippen LogP contribution in [0.3, 0.4) is 0 Å². The third kappa shape index (κ3) is 3.71. The molecule has 0 fully saturated rings. The number of aromatic nitrogens is 1. The van der Waals surface area contributed by atoms with Crippen LogP contribution in [0, 0.1) is 0 Å². The summed E-state index contributed by atoms with van der Waals surface area (Å²) in [6, 6.07) is 1.72. The summed E-state index contributed by atoms with van der Waals surface area (Å²) in [4.78, 5) is 11.1. The molecular formula is C8H13N3O2. The summed E-state index contributed by atoms with van der Waals surface area (Å²) < 4.78 is 4.80. The Balaban J connectivity index is 2.15. The molecule has 0 atom stereocenters. The highest BCUT2D eigenvalue weighted by molar-refractivity contribution is 5.77. The van der Waals surface area contributed by atoms with Crippen molar-refractivity contribution in [2.75, 3.05) is 13.1 Å². The van der Waals surface area contributed by atoms with Crippen molar-refractivity contribution in [2.24, 2.45) is 0 Å². The minimum absolute atomic E-state index is 0.0433. The van der Waals surface area contributed by atoms with E-state index in [9.17, 15) is 4.79 Å². The molecule has 0 aliphatic heterocycles. The number of carbonyl (C=O) groups is 1. The minimum atomic E-state index is -0.0433. The van der Waals surface area contributed by atoms with E-state index in [1.165, 1.54) is 0 Å². The molecule has 1 rings (SSSR count). The summed E-state index contributed by atoms with van der Waals surface area (Å²) in [7, 11) is 0. The zero-order chi connectivity index (χ0) is 9.52.